The summed E-state index contributed by atoms with van der Waals surface area (Å²) in [5.74, 6) is 0.648. The molecule has 0 aliphatic heterocycles. The van der Waals surface area contributed by atoms with Crippen LogP contribution in [-0.2, 0) is 6.54 Å². The number of hydrogen-bond donors (Lipinski definition) is 1. The molecule has 0 fully saturated rings. The zero-order valence-corrected chi connectivity index (χ0v) is 11.5. The first-order valence-electron chi connectivity index (χ1n) is 6.29. The van der Waals surface area contributed by atoms with Gasteiger partial charge in [-0.05, 0) is 38.4 Å². The van der Waals surface area contributed by atoms with Crippen molar-refractivity contribution in [2.45, 2.75) is 39.3 Å². The maximum Gasteiger partial charge on any atom is 0.0544 e. The second-order valence-electron chi connectivity index (χ2n) is 5.48. The van der Waals surface area contributed by atoms with Crippen LogP contribution in [0.25, 0.3) is 0 Å². The van der Waals surface area contributed by atoms with Crippen LogP contribution in [0.15, 0.2) is 24.4 Å². The Morgan fingerprint density at radius 1 is 1.41 bits per heavy atom. The zero-order valence-electron chi connectivity index (χ0n) is 11.5. The van der Waals surface area contributed by atoms with E-state index in [1.807, 2.05) is 18.3 Å². The Hall–Kier alpha value is -0.930. The van der Waals surface area contributed by atoms with Crippen molar-refractivity contribution in [3.05, 3.63) is 30.1 Å². The number of hydrogen-bond acceptors (Lipinski definition) is 3. The molecule has 0 bridgehead atoms. The molecule has 17 heavy (non-hydrogen) atoms. The molecule has 0 saturated carbocycles. The van der Waals surface area contributed by atoms with E-state index in [-0.39, 0.29) is 5.54 Å². The van der Waals surface area contributed by atoms with Gasteiger partial charge in [-0.25, -0.2) is 0 Å². The van der Waals surface area contributed by atoms with Gasteiger partial charge in [-0.2, -0.15) is 0 Å². The highest BCUT2D eigenvalue weighted by Gasteiger charge is 2.28. The summed E-state index contributed by atoms with van der Waals surface area (Å²) in [6.45, 7) is 8.23. The third-order valence-corrected chi connectivity index (χ3v) is 3.33. The number of likely N-dealkylation sites (N-methyl/N-ethyl adjacent to an activating group) is 1. The minimum atomic E-state index is 0.0473. The predicted molar refractivity (Wildman–Crippen MR) is 72.6 cm³/mol. The standard InChI is InChI=1S/C14H25N3/c1-12(2)9-14(3,11-15)17(4)10-13-7-5-6-8-16-13/h5-8,12H,9-11,15H2,1-4H3. The average molecular weight is 235 g/mol. The van der Waals surface area contributed by atoms with E-state index >= 15 is 0 Å². The van der Waals surface area contributed by atoms with E-state index in [9.17, 15) is 0 Å². The molecule has 0 saturated heterocycles. The fourth-order valence-corrected chi connectivity index (χ4v) is 2.20. The van der Waals surface area contributed by atoms with E-state index in [1.165, 1.54) is 0 Å². The smallest absolute Gasteiger partial charge is 0.0544 e. The summed E-state index contributed by atoms with van der Waals surface area (Å²) in [5, 5.41) is 0. The van der Waals surface area contributed by atoms with Crippen molar-refractivity contribution in [2.24, 2.45) is 11.7 Å². The molecule has 1 rings (SSSR count). The van der Waals surface area contributed by atoms with Crippen LogP contribution in [-0.4, -0.2) is 29.0 Å². The third-order valence-electron chi connectivity index (χ3n) is 3.33. The predicted octanol–water partition coefficient (Wildman–Crippen LogP) is 2.28. The van der Waals surface area contributed by atoms with Gasteiger partial charge in [0.25, 0.3) is 0 Å². The monoisotopic (exact) mass is 235 g/mol. The van der Waals surface area contributed by atoms with Crippen molar-refractivity contribution in [1.82, 2.24) is 9.88 Å². The number of nitrogens with zero attached hydrogens (tertiary/aromatic N) is 2. The second-order valence-corrected chi connectivity index (χ2v) is 5.48. The lowest BCUT2D eigenvalue weighted by Gasteiger charge is -2.39. The number of aromatic nitrogens is 1. The molecule has 96 valence electrons. The maximum absolute atomic E-state index is 5.95. The molecule has 0 amide bonds. The van der Waals surface area contributed by atoms with Crippen LogP contribution >= 0.6 is 0 Å². The second kappa shape index (κ2) is 6.12. The molecule has 1 atom stereocenters. The molecule has 0 spiro atoms. The van der Waals surface area contributed by atoms with E-state index < -0.39 is 0 Å². The van der Waals surface area contributed by atoms with Crippen LogP contribution in [0, 0.1) is 5.92 Å². The fourth-order valence-electron chi connectivity index (χ4n) is 2.20. The van der Waals surface area contributed by atoms with Gasteiger partial charge < -0.3 is 5.73 Å². The molecule has 3 heteroatoms. The van der Waals surface area contributed by atoms with Gasteiger partial charge in [0.2, 0.25) is 0 Å². The van der Waals surface area contributed by atoms with Crippen LogP contribution < -0.4 is 5.73 Å². The van der Waals surface area contributed by atoms with E-state index in [2.05, 4.69) is 43.8 Å². The van der Waals surface area contributed by atoms with Crippen LogP contribution in [0.1, 0.15) is 32.9 Å². The quantitative estimate of drug-likeness (QED) is 0.822. The van der Waals surface area contributed by atoms with Gasteiger partial charge in [-0.15, -0.1) is 0 Å². The Balaban J connectivity index is 2.69. The average Bonchev–Trinajstić information content (AvgIpc) is 2.29. The summed E-state index contributed by atoms with van der Waals surface area (Å²) >= 11 is 0. The van der Waals surface area contributed by atoms with Crippen molar-refractivity contribution < 1.29 is 0 Å². The minimum absolute atomic E-state index is 0.0473. The van der Waals surface area contributed by atoms with Gasteiger partial charge in [0.05, 0.1) is 5.69 Å². The molecule has 0 aromatic carbocycles. The summed E-state index contributed by atoms with van der Waals surface area (Å²) < 4.78 is 0. The van der Waals surface area contributed by atoms with E-state index in [4.69, 9.17) is 5.73 Å². The van der Waals surface area contributed by atoms with Crippen molar-refractivity contribution in [3.8, 4) is 0 Å². The lowest BCUT2D eigenvalue weighted by atomic mass is 9.89. The first-order valence-corrected chi connectivity index (χ1v) is 6.29. The highest BCUT2D eigenvalue weighted by Crippen LogP contribution is 2.23. The van der Waals surface area contributed by atoms with Gasteiger partial charge in [-0.1, -0.05) is 19.9 Å². The van der Waals surface area contributed by atoms with Crippen molar-refractivity contribution in [3.63, 3.8) is 0 Å². The molecule has 0 aliphatic rings. The molecule has 1 heterocycles. The highest BCUT2D eigenvalue weighted by atomic mass is 15.2. The lowest BCUT2D eigenvalue weighted by molar-refractivity contribution is 0.110. The van der Waals surface area contributed by atoms with Crippen molar-refractivity contribution >= 4 is 0 Å². The summed E-state index contributed by atoms with van der Waals surface area (Å²) in [6.07, 6.45) is 2.94. The van der Waals surface area contributed by atoms with Gasteiger partial charge in [-0.3, -0.25) is 9.88 Å². The fraction of sp³-hybridized carbons (Fsp3) is 0.643. The van der Waals surface area contributed by atoms with E-state index in [1.54, 1.807) is 0 Å². The normalized spacial score (nSPS) is 15.2. The van der Waals surface area contributed by atoms with Crippen LogP contribution in [0.4, 0.5) is 0 Å². The van der Waals surface area contributed by atoms with Crippen LogP contribution in [0.2, 0.25) is 0 Å². The van der Waals surface area contributed by atoms with Crippen molar-refractivity contribution in [2.75, 3.05) is 13.6 Å². The van der Waals surface area contributed by atoms with Gasteiger partial charge in [0.15, 0.2) is 0 Å². The Labute approximate surface area is 105 Å². The maximum atomic E-state index is 5.95. The molecule has 1 aromatic rings. The summed E-state index contributed by atoms with van der Waals surface area (Å²) in [7, 11) is 2.13. The minimum Gasteiger partial charge on any atom is -0.329 e. The molecule has 3 nitrogen and oxygen atoms in total. The highest BCUT2D eigenvalue weighted by molar-refractivity contribution is 5.04. The third kappa shape index (κ3) is 4.10. The SMILES string of the molecule is CC(C)CC(C)(CN)N(C)Cc1ccccn1. The summed E-state index contributed by atoms with van der Waals surface area (Å²) in [6, 6.07) is 6.03. The lowest BCUT2D eigenvalue weighted by Crippen LogP contribution is -2.50. The molecule has 0 aliphatic carbocycles. The zero-order chi connectivity index (χ0) is 12.9. The van der Waals surface area contributed by atoms with Gasteiger partial charge in [0, 0.05) is 24.8 Å². The number of rotatable bonds is 6. The van der Waals surface area contributed by atoms with Crippen LogP contribution in [0.3, 0.4) is 0 Å². The first-order chi connectivity index (χ1) is 7.98. The summed E-state index contributed by atoms with van der Waals surface area (Å²) in [4.78, 5) is 6.68. The van der Waals surface area contributed by atoms with Gasteiger partial charge in [0.1, 0.15) is 0 Å². The van der Waals surface area contributed by atoms with Crippen LogP contribution in [0.5, 0.6) is 0 Å². The molecule has 0 radical (unpaired) electrons. The van der Waals surface area contributed by atoms with E-state index in [0.717, 1.165) is 18.7 Å². The molecular formula is C14H25N3. The van der Waals surface area contributed by atoms with Crippen molar-refractivity contribution in [1.29, 1.82) is 0 Å². The Kier molecular flexibility index (Phi) is 5.09. The molecule has 1 unspecified atom stereocenters. The Bertz CT molecular complexity index is 323. The number of pyridine rings is 1. The summed E-state index contributed by atoms with van der Waals surface area (Å²) in [5.41, 5.74) is 7.09. The Morgan fingerprint density at radius 2 is 2.12 bits per heavy atom. The Morgan fingerprint density at radius 3 is 2.59 bits per heavy atom. The van der Waals surface area contributed by atoms with Gasteiger partial charge >= 0.3 is 0 Å². The van der Waals surface area contributed by atoms with E-state index in [0.29, 0.717) is 12.5 Å². The number of nitrogens with two attached hydrogens (primary N) is 1. The molecular weight excluding hydrogens is 210 g/mol. The molecule has 2 N–H and O–H groups in total. The molecule has 1 aromatic heterocycles. The first kappa shape index (κ1) is 14.1. The topological polar surface area (TPSA) is 42.1 Å². The largest absolute Gasteiger partial charge is 0.329 e.